The summed E-state index contributed by atoms with van der Waals surface area (Å²) < 4.78 is 10.4. The van der Waals surface area contributed by atoms with Crippen LogP contribution in [0.25, 0.3) is 10.2 Å². The van der Waals surface area contributed by atoms with Crippen LogP contribution in [0.5, 0.6) is 5.75 Å². The summed E-state index contributed by atoms with van der Waals surface area (Å²) >= 11 is 1.73. The number of thiophene rings is 1. The molecule has 192 valence electrons. The van der Waals surface area contributed by atoms with E-state index in [-0.39, 0.29) is 13.2 Å². The summed E-state index contributed by atoms with van der Waals surface area (Å²) in [5.41, 5.74) is 9.02. The minimum absolute atomic E-state index is 0.222. The Bertz CT molecular complexity index is 1230. The second kappa shape index (κ2) is 12.7. The van der Waals surface area contributed by atoms with Crippen LogP contribution in [-0.2, 0) is 22.4 Å². The molecule has 5 N–H and O–H groups in total. The van der Waals surface area contributed by atoms with Crippen LogP contribution in [0, 0.1) is 5.41 Å². The average molecular weight is 514 g/mol. The molecule has 2 aromatic heterocycles. The second-order valence-electron chi connectivity index (χ2n) is 8.20. The number of aromatic nitrogens is 2. The van der Waals surface area contributed by atoms with Crippen molar-refractivity contribution in [1.82, 2.24) is 20.2 Å². The number of carbonyl (C=O) groups excluding carboxylic acids is 2. The van der Waals surface area contributed by atoms with Gasteiger partial charge in [-0.15, -0.1) is 11.3 Å². The minimum Gasteiger partial charge on any atom is -0.489 e. The summed E-state index contributed by atoms with van der Waals surface area (Å²) in [6.45, 7) is 0.494. The van der Waals surface area contributed by atoms with Gasteiger partial charge in [-0.2, -0.15) is 0 Å². The quantitative estimate of drug-likeness (QED) is 0.155. The largest absolute Gasteiger partial charge is 0.489 e. The van der Waals surface area contributed by atoms with Gasteiger partial charge in [0.1, 0.15) is 29.3 Å². The molecule has 0 saturated carbocycles. The van der Waals surface area contributed by atoms with E-state index in [2.05, 4.69) is 25.3 Å². The molecule has 12 heteroatoms. The topological polar surface area (TPSA) is 156 Å². The lowest BCUT2D eigenvalue weighted by atomic mass is 9.97. The van der Waals surface area contributed by atoms with Crippen molar-refractivity contribution in [1.29, 1.82) is 5.41 Å². The molecule has 4 rings (SSSR count). The summed E-state index contributed by atoms with van der Waals surface area (Å²) in [6, 6.07) is 3.43. The Morgan fingerprint density at radius 1 is 1.28 bits per heavy atom. The van der Waals surface area contributed by atoms with Crippen LogP contribution >= 0.6 is 11.3 Å². The number of alkyl carbamates (subject to hydrolysis) is 1. The summed E-state index contributed by atoms with van der Waals surface area (Å²) in [4.78, 5) is 33.4. The molecule has 0 radical (unpaired) electrons. The molecule has 36 heavy (non-hydrogen) atoms. The number of carbonyl (C=O) groups is 2. The number of rotatable bonds is 8. The lowest BCUT2D eigenvalue weighted by Gasteiger charge is -2.17. The number of benzene rings is 1. The number of anilines is 3. The van der Waals surface area contributed by atoms with Crippen LogP contribution in [-0.4, -0.2) is 67.9 Å². The third kappa shape index (κ3) is 6.60. The Labute approximate surface area is 213 Å². The van der Waals surface area contributed by atoms with E-state index >= 15 is 0 Å². The average Bonchev–Trinajstić information content (AvgIpc) is 3.27. The Morgan fingerprint density at radius 2 is 2.03 bits per heavy atom. The lowest BCUT2D eigenvalue weighted by molar-refractivity contribution is -0.115. The molecule has 1 aromatic carbocycles. The summed E-state index contributed by atoms with van der Waals surface area (Å²) in [5.74, 6) is 1.22. The number of nitrogen functional groups attached to an aromatic ring is 1. The first-order valence-electron chi connectivity index (χ1n) is 11.4. The third-order valence-corrected chi connectivity index (χ3v) is 6.57. The number of ether oxygens (including phenoxy) is 2. The Balaban J connectivity index is 0.000000658. The number of hydrogen-bond acceptors (Lipinski definition) is 10. The Kier molecular flexibility index (Phi) is 9.39. The molecule has 0 spiro atoms. The highest BCUT2D eigenvalue weighted by Gasteiger charge is 2.21. The fraction of sp³-hybridized carbons (Fsp3) is 0.375. The van der Waals surface area contributed by atoms with E-state index in [1.807, 2.05) is 0 Å². The van der Waals surface area contributed by atoms with Gasteiger partial charge in [0.25, 0.3) is 0 Å². The molecule has 0 fully saturated rings. The monoisotopic (exact) mass is 513 g/mol. The molecule has 1 aliphatic rings. The number of methoxy groups -OCH3 is 1. The van der Waals surface area contributed by atoms with Gasteiger partial charge in [0, 0.05) is 42.5 Å². The van der Waals surface area contributed by atoms with E-state index in [1.165, 1.54) is 35.1 Å². The van der Waals surface area contributed by atoms with Crippen molar-refractivity contribution in [2.24, 2.45) is 0 Å². The minimum atomic E-state index is -0.522. The normalized spacial score (nSPS) is 12.0. The van der Waals surface area contributed by atoms with E-state index < -0.39 is 6.09 Å². The number of aryl methyl sites for hydroxylation is 2. The van der Waals surface area contributed by atoms with Gasteiger partial charge < -0.3 is 36.2 Å². The molecule has 0 unspecified atom stereocenters. The number of amides is 2. The van der Waals surface area contributed by atoms with Gasteiger partial charge in [0.2, 0.25) is 6.41 Å². The molecule has 3 aromatic rings. The van der Waals surface area contributed by atoms with Crippen LogP contribution in [0.3, 0.4) is 0 Å². The molecule has 2 heterocycles. The zero-order chi connectivity index (χ0) is 26.1. The summed E-state index contributed by atoms with van der Waals surface area (Å²) in [7, 11) is 4.68. The van der Waals surface area contributed by atoms with Crippen molar-refractivity contribution in [3.8, 4) is 5.75 Å². The van der Waals surface area contributed by atoms with Crippen LogP contribution in [0.4, 0.5) is 22.0 Å². The van der Waals surface area contributed by atoms with Crippen LogP contribution < -0.4 is 21.1 Å². The zero-order valence-corrected chi connectivity index (χ0v) is 21.4. The molecule has 2 amide bonds. The maximum atomic E-state index is 11.2. The van der Waals surface area contributed by atoms with Gasteiger partial charge in [-0.05, 0) is 37.3 Å². The summed E-state index contributed by atoms with van der Waals surface area (Å²) in [6.07, 6.45) is 7.45. The van der Waals surface area contributed by atoms with Gasteiger partial charge in [-0.1, -0.05) is 0 Å². The van der Waals surface area contributed by atoms with Crippen LogP contribution in [0.15, 0.2) is 18.5 Å². The molecular weight excluding hydrogens is 482 g/mol. The standard InChI is InChI=1S/C21H24N6O3S.C3H7NO/c1-29-21(28)24-6-7-30-16-9-14(23)12(10-22)8-15(16)27-19-18-13-4-2-3-5-17(13)31-20(18)26-11-25-19;1-4(2)3-5/h8-11,22H,2-7,23H2,1H3,(H,24,28)(H,25,26,27);3H,1-2H3. The van der Waals surface area contributed by atoms with Gasteiger partial charge in [-0.25, -0.2) is 14.8 Å². The molecule has 11 nitrogen and oxygen atoms in total. The van der Waals surface area contributed by atoms with Crippen molar-refractivity contribution in [3.63, 3.8) is 0 Å². The first-order chi connectivity index (χ1) is 17.4. The highest BCUT2D eigenvalue weighted by Crippen LogP contribution is 2.40. The zero-order valence-electron chi connectivity index (χ0n) is 20.6. The van der Waals surface area contributed by atoms with Crippen molar-refractivity contribution < 1.29 is 19.1 Å². The van der Waals surface area contributed by atoms with Gasteiger partial charge >= 0.3 is 6.09 Å². The van der Waals surface area contributed by atoms with E-state index in [0.717, 1.165) is 35.9 Å². The molecule has 0 atom stereocenters. The van der Waals surface area contributed by atoms with E-state index in [1.54, 1.807) is 43.9 Å². The van der Waals surface area contributed by atoms with Crippen LogP contribution in [0.2, 0.25) is 0 Å². The third-order valence-electron chi connectivity index (χ3n) is 5.37. The highest BCUT2D eigenvalue weighted by molar-refractivity contribution is 7.19. The Morgan fingerprint density at radius 3 is 2.72 bits per heavy atom. The fourth-order valence-electron chi connectivity index (χ4n) is 3.65. The van der Waals surface area contributed by atoms with Gasteiger partial charge in [-0.3, -0.25) is 4.79 Å². The lowest BCUT2D eigenvalue weighted by Crippen LogP contribution is -2.27. The Hall–Kier alpha value is -3.93. The summed E-state index contributed by atoms with van der Waals surface area (Å²) in [5, 5.41) is 14.6. The van der Waals surface area contributed by atoms with Gasteiger partial charge in [0.15, 0.2) is 0 Å². The van der Waals surface area contributed by atoms with Crippen molar-refractivity contribution in [2.75, 3.05) is 45.4 Å². The molecule has 0 aliphatic heterocycles. The maximum Gasteiger partial charge on any atom is 0.406 e. The number of nitrogens with one attached hydrogen (secondary N) is 3. The van der Waals surface area contributed by atoms with Crippen LogP contribution in [0.1, 0.15) is 28.8 Å². The van der Waals surface area contributed by atoms with Crippen molar-refractivity contribution in [2.45, 2.75) is 25.7 Å². The van der Waals surface area contributed by atoms with Gasteiger partial charge in [0.05, 0.1) is 24.7 Å². The predicted octanol–water partition coefficient (Wildman–Crippen LogP) is 3.33. The molecule has 0 bridgehead atoms. The highest BCUT2D eigenvalue weighted by atomic mass is 32.1. The fourth-order valence-corrected chi connectivity index (χ4v) is 4.88. The maximum absolute atomic E-state index is 11.2. The van der Waals surface area contributed by atoms with E-state index in [4.69, 9.17) is 15.9 Å². The van der Waals surface area contributed by atoms with E-state index in [9.17, 15) is 9.59 Å². The number of nitrogens with zero attached hydrogens (tertiary/aromatic N) is 3. The smallest absolute Gasteiger partial charge is 0.406 e. The first-order valence-corrected chi connectivity index (χ1v) is 12.2. The molecular formula is C24H31N7O4S. The number of nitrogens with two attached hydrogens (primary N) is 1. The number of hydrogen-bond donors (Lipinski definition) is 4. The second-order valence-corrected chi connectivity index (χ2v) is 9.28. The molecule has 1 aliphatic carbocycles. The first kappa shape index (κ1) is 26.7. The predicted molar refractivity (Wildman–Crippen MR) is 142 cm³/mol. The SMILES string of the molecule is CN(C)C=O.COC(=O)NCCOc1cc(N)c(C=N)cc1Nc1ncnc2sc3c(c12)CCCC3. The number of fused-ring (bicyclic) bond motifs is 3. The van der Waals surface area contributed by atoms with Crippen molar-refractivity contribution in [3.05, 3.63) is 34.5 Å². The van der Waals surface area contributed by atoms with Crippen molar-refractivity contribution >= 4 is 57.5 Å². The molecule has 0 saturated heterocycles. The van der Waals surface area contributed by atoms with E-state index in [0.29, 0.717) is 28.5 Å².